The molecule has 2 amide bonds. The summed E-state index contributed by atoms with van der Waals surface area (Å²) in [7, 11) is 1.49. The van der Waals surface area contributed by atoms with Crippen molar-refractivity contribution in [1.29, 1.82) is 0 Å². The Kier molecular flexibility index (Phi) is 7.41. The number of hydrogen-bond donors (Lipinski definition) is 1. The summed E-state index contributed by atoms with van der Waals surface area (Å²) in [4.78, 5) is 54.0. The smallest absolute Gasteiger partial charge is 0.328 e. The summed E-state index contributed by atoms with van der Waals surface area (Å²) in [5.74, 6) is -3.93. The van der Waals surface area contributed by atoms with Crippen molar-refractivity contribution in [3.8, 4) is 11.5 Å². The molecule has 200 valence electrons. The van der Waals surface area contributed by atoms with E-state index in [2.05, 4.69) is 0 Å². The Hall–Kier alpha value is -5.24. The molecule has 0 bridgehead atoms. The van der Waals surface area contributed by atoms with E-state index in [-0.39, 0.29) is 16.7 Å². The molecule has 5 rings (SSSR count). The van der Waals surface area contributed by atoms with Crippen LogP contribution in [0.2, 0.25) is 0 Å². The van der Waals surface area contributed by atoms with Gasteiger partial charge in [-0.2, -0.15) is 0 Å². The lowest BCUT2D eigenvalue weighted by atomic mass is 9.83. The number of benzene rings is 4. The average molecular weight is 536 g/mol. The molecule has 0 aromatic heterocycles. The summed E-state index contributed by atoms with van der Waals surface area (Å²) in [5, 5.41) is 10.4. The minimum Gasteiger partial charge on any atom is -0.497 e. The zero-order valence-electron chi connectivity index (χ0n) is 21.5. The van der Waals surface area contributed by atoms with Gasteiger partial charge in [0.1, 0.15) is 18.1 Å². The second-order valence-corrected chi connectivity index (χ2v) is 9.22. The Morgan fingerprint density at radius 3 is 1.85 bits per heavy atom. The maximum atomic E-state index is 13.9. The molecule has 4 aromatic rings. The van der Waals surface area contributed by atoms with Crippen LogP contribution >= 0.6 is 0 Å². The second-order valence-electron chi connectivity index (χ2n) is 9.22. The van der Waals surface area contributed by atoms with E-state index in [0.717, 1.165) is 5.56 Å². The van der Waals surface area contributed by atoms with E-state index in [1.54, 1.807) is 48.5 Å². The minimum atomic E-state index is -1.79. The first kappa shape index (κ1) is 26.4. The standard InChI is InChI=1S/C32H25NO7/c1-39-23-15-13-22(14-16-23)29(34)27(21-11-17-24(18-12-21)40-19-20-7-3-2-4-8-20)28(32(37)38)33-30(35)25-9-5-6-10-26(25)31(33)36/h2-18,27-28H,19H2,1H3,(H,37,38). The molecule has 4 aromatic carbocycles. The van der Waals surface area contributed by atoms with E-state index in [0.29, 0.717) is 28.6 Å². The summed E-state index contributed by atoms with van der Waals surface area (Å²) in [6.07, 6.45) is 0. The topological polar surface area (TPSA) is 110 Å². The van der Waals surface area contributed by atoms with Crippen molar-refractivity contribution in [1.82, 2.24) is 4.90 Å². The van der Waals surface area contributed by atoms with Crippen molar-refractivity contribution in [3.63, 3.8) is 0 Å². The molecule has 0 saturated heterocycles. The number of carbonyl (C=O) groups is 4. The predicted molar refractivity (Wildman–Crippen MR) is 146 cm³/mol. The summed E-state index contributed by atoms with van der Waals surface area (Å²) >= 11 is 0. The quantitative estimate of drug-likeness (QED) is 0.225. The highest BCUT2D eigenvalue weighted by Crippen LogP contribution is 2.35. The van der Waals surface area contributed by atoms with Gasteiger partial charge in [0.05, 0.1) is 24.2 Å². The van der Waals surface area contributed by atoms with Gasteiger partial charge in [0.25, 0.3) is 11.8 Å². The third kappa shape index (κ3) is 5.07. The molecule has 0 fully saturated rings. The number of fused-ring (bicyclic) bond motifs is 1. The van der Waals surface area contributed by atoms with Crippen LogP contribution in [0.1, 0.15) is 48.1 Å². The van der Waals surface area contributed by atoms with Gasteiger partial charge in [0.15, 0.2) is 11.8 Å². The third-order valence-corrected chi connectivity index (χ3v) is 6.82. The van der Waals surface area contributed by atoms with Crippen LogP contribution in [0.3, 0.4) is 0 Å². The number of methoxy groups -OCH3 is 1. The first-order valence-corrected chi connectivity index (χ1v) is 12.5. The molecule has 1 aliphatic rings. The molecule has 0 radical (unpaired) electrons. The van der Waals surface area contributed by atoms with Crippen LogP contribution in [0.4, 0.5) is 0 Å². The number of Topliss-reactive ketones (excluding diaryl/α,β-unsaturated/α-hetero) is 1. The van der Waals surface area contributed by atoms with E-state index in [1.807, 2.05) is 30.3 Å². The highest BCUT2D eigenvalue weighted by molar-refractivity contribution is 6.23. The van der Waals surface area contributed by atoms with E-state index in [9.17, 15) is 24.3 Å². The molecule has 2 atom stereocenters. The maximum Gasteiger partial charge on any atom is 0.328 e. The van der Waals surface area contributed by atoms with Gasteiger partial charge in [-0.25, -0.2) is 4.79 Å². The van der Waals surface area contributed by atoms with E-state index >= 15 is 0 Å². The van der Waals surface area contributed by atoms with Crippen molar-refractivity contribution in [2.24, 2.45) is 0 Å². The Morgan fingerprint density at radius 2 is 1.30 bits per heavy atom. The zero-order chi connectivity index (χ0) is 28.2. The van der Waals surface area contributed by atoms with Crippen LogP contribution in [0.25, 0.3) is 0 Å². The lowest BCUT2D eigenvalue weighted by Crippen LogP contribution is -2.50. The molecule has 8 heteroatoms. The average Bonchev–Trinajstić information content (AvgIpc) is 3.24. The summed E-state index contributed by atoms with van der Waals surface area (Å²) in [6.45, 7) is 0.321. The van der Waals surface area contributed by atoms with Crippen LogP contribution in [0.5, 0.6) is 11.5 Å². The van der Waals surface area contributed by atoms with E-state index < -0.39 is 35.5 Å². The lowest BCUT2D eigenvalue weighted by Gasteiger charge is -2.30. The molecule has 8 nitrogen and oxygen atoms in total. The van der Waals surface area contributed by atoms with Crippen molar-refractivity contribution in [2.45, 2.75) is 18.6 Å². The molecular weight excluding hydrogens is 510 g/mol. The fourth-order valence-electron chi connectivity index (χ4n) is 4.79. The number of ether oxygens (including phenoxy) is 2. The van der Waals surface area contributed by atoms with Gasteiger partial charge in [0, 0.05) is 5.56 Å². The number of nitrogens with zero attached hydrogens (tertiary/aromatic N) is 1. The first-order valence-electron chi connectivity index (χ1n) is 12.5. The minimum absolute atomic E-state index is 0.0963. The van der Waals surface area contributed by atoms with Crippen LogP contribution < -0.4 is 9.47 Å². The Bertz CT molecular complexity index is 1530. The van der Waals surface area contributed by atoms with Crippen LogP contribution in [0.15, 0.2) is 103 Å². The molecular formula is C32H25NO7. The fraction of sp³-hybridized carbons (Fsp3) is 0.125. The molecule has 0 saturated carbocycles. The monoisotopic (exact) mass is 535 g/mol. The fourth-order valence-corrected chi connectivity index (χ4v) is 4.79. The zero-order valence-corrected chi connectivity index (χ0v) is 21.5. The number of imide groups is 1. The molecule has 40 heavy (non-hydrogen) atoms. The van der Waals surface area contributed by atoms with Gasteiger partial charge >= 0.3 is 5.97 Å². The predicted octanol–water partition coefficient (Wildman–Crippen LogP) is 4.99. The first-order chi connectivity index (χ1) is 19.4. The maximum absolute atomic E-state index is 13.9. The summed E-state index contributed by atoms with van der Waals surface area (Å²) in [6, 6.07) is 26.5. The SMILES string of the molecule is COc1ccc(C(=O)C(c2ccc(OCc3ccccc3)cc2)C(C(=O)O)N2C(=O)c3ccccc3C2=O)cc1. The van der Waals surface area contributed by atoms with Gasteiger partial charge in [0.2, 0.25) is 0 Å². The number of amides is 2. The van der Waals surface area contributed by atoms with Gasteiger partial charge in [-0.1, -0.05) is 54.6 Å². The molecule has 0 aliphatic carbocycles. The third-order valence-electron chi connectivity index (χ3n) is 6.82. The highest BCUT2D eigenvalue weighted by Gasteiger charge is 2.48. The van der Waals surface area contributed by atoms with Gasteiger partial charge in [-0.05, 0) is 59.7 Å². The molecule has 1 aliphatic heterocycles. The van der Waals surface area contributed by atoms with Crippen LogP contribution in [-0.2, 0) is 11.4 Å². The summed E-state index contributed by atoms with van der Waals surface area (Å²) in [5.41, 5.74) is 1.68. The summed E-state index contributed by atoms with van der Waals surface area (Å²) < 4.78 is 11.0. The van der Waals surface area contributed by atoms with Crippen molar-refractivity contribution < 1.29 is 33.8 Å². The Labute approximate surface area is 230 Å². The molecule has 1 heterocycles. The number of aliphatic carboxylic acids is 1. The van der Waals surface area contributed by atoms with Crippen molar-refractivity contribution in [2.75, 3.05) is 7.11 Å². The molecule has 2 unspecified atom stereocenters. The number of carboxylic acid groups (broad SMARTS) is 1. The highest BCUT2D eigenvalue weighted by atomic mass is 16.5. The number of hydrogen-bond acceptors (Lipinski definition) is 6. The van der Waals surface area contributed by atoms with Gasteiger partial charge in [-0.3, -0.25) is 19.3 Å². The largest absolute Gasteiger partial charge is 0.497 e. The van der Waals surface area contributed by atoms with Crippen molar-refractivity contribution >= 4 is 23.6 Å². The van der Waals surface area contributed by atoms with Gasteiger partial charge < -0.3 is 14.6 Å². The van der Waals surface area contributed by atoms with Gasteiger partial charge in [-0.15, -0.1) is 0 Å². The lowest BCUT2D eigenvalue weighted by molar-refractivity contribution is -0.142. The van der Waals surface area contributed by atoms with E-state index in [4.69, 9.17) is 9.47 Å². The number of carboxylic acids is 1. The number of carbonyl (C=O) groups excluding carboxylic acids is 3. The van der Waals surface area contributed by atoms with Crippen LogP contribution in [-0.4, -0.2) is 46.7 Å². The van der Waals surface area contributed by atoms with Crippen molar-refractivity contribution in [3.05, 3.63) is 131 Å². The second kappa shape index (κ2) is 11.2. The Balaban J connectivity index is 1.53. The molecule has 0 spiro atoms. The van der Waals surface area contributed by atoms with E-state index in [1.165, 1.54) is 31.4 Å². The molecule has 1 N–H and O–H groups in total. The normalized spacial score (nSPS) is 13.9. The number of rotatable bonds is 10. The number of ketones is 1. The van der Waals surface area contributed by atoms with Crippen LogP contribution in [0, 0.1) is 0 Å². The Morgan fingerprint density at radius 1 is 0.750 bits per heavy atom.